The summed E-state index contributed by atoms with van der Waals surface area (Å²) < 4.78 is 9.95. The molecule has 20 heavy (non-hydrogen) atoms. The molecule has 0 aliphatic rings. The molecule has 0 saturated heterocycles. The minimum absolute atomic E-state index is 0.134. The number of ether oxygens (including phenoxy) is 2. The van der Waals surface area contributed by atoms with E-state index >= 15 is 0 Å². The fraction of sp³-hybridized carbons (Fsp3) is 0.533. The molecule has 0 heterocycles. The number of methoxy groups -OCH3 is 1. The van der Waals surface area contributed by atoms with Crippen molar-refractivity contribution in [1.29, 1.82) is 0 Å². The third-order valence-corrected chi connectivity index (χ3v) is 2.46. The number of allylic oxidation sites excluding steroid dienone is 4. The predicted molar refractivity (Wildman–Crippen MR) is 78.9 cm³/mol. The number of nitrogens with zero attached hydrogens (tertiary/aromatic N) is 1. The van der Waals surface area contributed by atoms with E-state index in [9.17, 15) is 9.70 Å². The second kappa shape index (κ2) is 12.1. The number of hydrogen-bond donors (Lipinski definition) is 0. The number of unbranched alkanes of at least 4 members (excludes halogenated alkanes) is 2. The summed E-state index contributed by atoms with van der Waals surface area (Å²) in [5.74, 6) is -0.293. The first-order valence-corrected chi connectivity index (χ1v) is 6.69. The van der Waals surface area contributed by atoms with Crippen LogP contribution in [-0.2, 0) is 14.3 Å². The first-order valence-electron chi connectivity index (χ1n) is 6.69. The molecule has 0 N–H and O–H groups in total. The van der Waals surface area contributed by atoms with Gasteiger partial charge in [0.1, 0.15) is 0 Å². The van der Waals surface area contributed by atoms with Gasteiger partial charge >= 0.3 is 5.97 Å². The van der Waals surface area contributed by atoms with Crippen molar-refractivity contribution in [2.75, 3.05) is 13.7 Å². The van der Waals surface area contributed by atoms with Crippen molar-refractivity contribution in [3.05, 3.63) is 40.7 Å². The summed E-state index contributed by atoms with van der Waals surface area (Å²) >= 11 is 0. The molecule has 0 aliphatic carbocycles. The Kier molecular flexibility index (Phi) is 11.0. The van der Waals surface area contributed by atoms with Crippen LogP contribution in [0.3, 0.4) is 0 Å². The van der Waals surface area contributed by atoms with Crippen molar-refractivity contribution in [3.63, 3.8) is 0 Å². The van der Waals surface area contributed by atoms with Crippen molar-refractivity contribution in [1.82, 2.24) is 0 Å². The highest BCUT2D eigenvalue weighted by atomic mass is 16.5. The molecule has 112 valence electrons. The molecule has 0 atom stereocenters. The van der Waals surface area contributed by atoms with E-state index in [0.29, 0.717) is 17.9 Å². The minimum Gasteiger partial charge on any atom is -0.504 e. The molecule has 0 amide bonds. The quantitative estimate of drug-likeness (QED) is 0.200. The van der Waals surface area contributed by atoms with Gasteiger partial charge in [-0.15, -0.1) is 4.91 Å². The molecule has 0 spiro atoms. The summed E-state index contributed by atoms with van der Waals surface area (Å²) in [6.07, 6.45) is 9.47. The molecule has 5 nitrogen and oxygen atoms in total. The molecule has 0 aromatic carbocycles. The fourth-order valence-corrected chi connectivity index (χ4v) is 1.34. The van der Waals surface area contributed by atoms with Gasteiger partial charge in [-0.25, -0.2) is 0 Å². The van der Waals surface area contributed by atoms with Crippen LogP contribution in [0.5, 0.6) is 0 Å². The smallest absolute Gasteiger partial charge is 0.310 e. The Morgan fingerprint density at radius 2 is 2.00 bits per heavy atom. The lowest BCUT2D eigenvalue weighted by Crippen LogP contribution is -2.06. The van der Waals surface area contributed by atoms with Gasteiger partial charge in [-0.05, 0) is 36.2 Å². The maximum atomic E-state index is 11.7. The van der Waals surface area contributed by atoms with Crippen molar-refractivity contribution in [2.45, 2.75) is 39.5 Å². The maximum absolute atomic E-state index is 11.7. The van der Waals surface area contributed by atoms with Crippen LogP contribution in [0, 0.1) is 4.91 Å². The predicted octanol–water partition coefficient (Wildman–Crippen LogP) is 3.87. The van der Waals surface area contributed by atoms with Gasteiger partial charge in [0.05, 0.1) is 32.1 Å². The van der Waals surface area contributed by atoms with Gasteiger partial charge in [0.15, 0.2) is 0 Å². The Hall–Kier alpha value is -1.91. The zero-order valence-electron chi connectivity index (χ0n) is 12.4. The van der Waals surface area contributed by atoms with Crippen LogP contribution in [0.1, 0.15) is 39.5 Å². The average Bonchev–Trinajstić information content (AvgIpc) is 2.46. The minimum atomic E-state index is -0.293. The van der Waals surface area contributed by atoms with Gasteiger partial charge in [-0.2, -0.15) is 0 Å². The van der Waals surface area contributed by atoms with Crippen LogP contribution >= 0.6 is 0 Å². The van der Waals surface area contributed by atoms with E-state index in [1.807, 2.05) is 0 Å². The number of carbonyl (C=O) groups excluding carboxylic acids is 1. The van der Waals surface area contributed by atoms with E-state index in [1.165, 1.54) is 13.4 Å². The van der Waals surface area contributed by atoms with Crippen LogP contribution in [0.2, 0.25) is 0 Å². The van der Waals surface area contributed by atoms with Gasteiger partial charge < -0.3 is 9.47 Å². The summed E-state index contributed by atoms with van der Waals surface area (Å²) in [5.41, 5.74) is 1.03. The van der Waals surface area contributed by atoms with Crippen LogP contribution in [0.25, 0.3) is 0 Å². The zero-order valence-corrected chi connectivity index (χ0v) is 12.4. The van der Waals surface area contributed by atoms with E-state index in [-0.39, 0.29) is 12.4 Å². The molecular formula is C15H23NO4. The summed E-state index contributed by atoms with van der Waals surface area (Å²) in [6.45, 7) is 4.12. The van der Waals surface area contributed by atoms with Gasteiger partial charge in [-0.1, -0.05) is 25.8 Å². The second-order valence-corrected chi connectivity index (χ2v) is 4.28. The van der Waals surface area contributed by atoms with E-state index in [4.69, 9.17) is 9.47 Å². The van der Waals surface area contributed by atoms with Crippen LogP contribution in [0.15, 0.2) is 40.9 Å². The Labute approximate surface area is 120 Å². The molecule has 0 saturated carbocycles. The molecule has 0 fully saturated rings. The third kappa shape index (κ3) is 10.1. The SMILES string of the molecule is CCCCCOC(=O)CC(=C/C=C(\C)N=O)/C=C/OC. The van der Waals surface area contributed by atoms with Crippen molar-refractivity contribution < 1.29 is 14.3 Å². The normalized spacial score (nSPS) is 12.6. The molecular weight excluding hydrogens is 258 g/mol. The highest BCUT2D eigenvalue weighted by molar-refractivity contribution is 5.73. The topological polar surface area (TPSA) is 65.0 Å². The van der Waals surface area contributed by atoms with Crippen molar-refractivity contribution in [3.8, 4) is 0 Å². The van der Waals surface area contributed by atoms with Crippen LogP contribution < -0.4 is 0 Å². The molecule has 0 unspecified atom stereocenters. The van der Waals surface area contributed by atoms with Crippen LogP contribution in [-0.4, -0.2) is 19.7 Å². The molecule has 0 bridgehead atoms. The first-order chi connectivity index (χ1) is 9.63. The highest BCUT2D eigenvalue weighted by Crippen LogP contribution is 2.08. The molecule has 0 aliphatic heterocycles. The summed E-state index contributed by atoms with van der Waals surface area (Å²) in [7, 11) is 1.52. The highest BCUT2D eigenvalue weighted by Gasteiger charge is 2.05. The zero-order chi connectivity index (χ0) is 15.2. The van der Waals surface area contributed by atoms with Gasteiger partial charge in [0, 0.05) is 0 Å². The average molecular weight is 281 g/mol. The van der Waals surface area contributed by atoms with E-state index in [2.05, 4.69) is 12.1 Å². The molecule has 0 aromatic rings. The van der Waals surface area contributed by atoms with Crippen LogP contribution in [0.4, 0.5) is 0 Å². The van der Waals surface area contributed by atoms with E-state index in [0.717, 1.165) is 19.3 Å². The number of rotatable bonds is 10. The molecule has 0 aromatic heterocycles. The summed E-state index contributed by atoms with van der Waals surface area (Å²) in [6, 6.07) is 0. The van der Waals surface area contributed by atoms with Gasteiger partial charge in [-0.3, -0.25) is 4.79 Å². The second-order valence-electron chi connectivity index (χ2n) is 4.28. The lowest BCUT2D eigenvalue weighted by Gasteiger charge is -2.04. The fourth-order valence-electron chi connectivity index (χ4n) is 1.34. The number of nitroso groups, excluding NO2 is 1. The largest absolute Gasteiger partial charge is 0.504 e. The van der Waals surface area contributed by atoms with Crippen molar-refractivity contribution >= 4 is 5.97 Å². The lowest BCUT2D eigenvalue weighted by atomic mass is 10.1. The lowest BCUT2D eigenvalue weighted by molar-refractivity contribution is -0.142. The van der Waals surface area contributed by atoms with Gasteiger partial charge in [0.2, 0.25) is 0 Å². The number of carbonyl (C=O) groups is 1. The standard InChI is InChI=1S/C15H23NO4/c1-4-5-6-10-20-15(17)12-14(9-11-19-3)8-7-13(2)16-18/h7-9,11H,4-6,10,12H2,1-3H3/b11-9+,13-7+,14-8+. The summed E-state index contributed by atoms with van der Waals surface area (Å²) in [4.78, 5) is 21.9. The van der Waals surface area contributed by atoms with E-state index in [1.54, 1.807) is 25.2 Å². The molecule has 5 heteroatoms. The maximum Gasteiger partial charge on any atom is 0.310 e. The van der Waals surface area contributed by atoms with Gasteiger partial charge in [0.25, 0.3) is 0 Å². The summed E-state index contributed by atoms with van der Waals surface area (Å²) in [5, 5.41) is 2.78. The Morgan fingerprint density at radius 1 is 1.25 bits per heavy atom. The Balaban J connectivity index is 4.46. The molecule has 0 rings (SSSR count). The number of esters is 1. The monoisotopic (exact) mass is 281 g/mol. The first kappa shape index (κ1) is 18.1. The van der Waals surface area contributed by atoms with E-state index < -0.39 is 0 Å². The Bertz CT molecular complexity index is 383. The van der Waals surface area contributed by atoms with Crippen molar-refractivity contribution in [2.24, 2.45) is 5.18 Å². The number of hydrogen-bond acceptors (Lipinski definition) is 5. The molecule has 0 radical (unpaired) electrons. The third-order valence-electron chi connectivity index (χ3n) is 2.46. The Morgan fingerprint density at radius 3 is 2.60 bits per heavy atom.